The van der Waals surface area contributed by atoms with Gasteiger partial charge < -0.3 is 60.9 Å². The highest BCUT2D eigenvalue weighted by Crippen LogP contribution is 2.64. The molecule has 1 aromatic carbocycles. The summed E-state index contributed by atoms with van der Waals surface area (Å²) in [5.41, 5.74) is 4.18. The van der Waals surface area contributed by atoms with Gasteiger partial charge in [-0.15, -0.1) is 0 Å². The summed E-state index contributed by atoms with van der Waals surface area (Å²) in [6.45, 7) is 7.39. The Balaban J connectivity index is 0.936. The van der Waals surface area contributed by atoms with Crippen LogP contribution in [0.3, 0.4) is 0 Å². The Morgan fingerprint density at radius 2 is 1.58 bits per heavy atom. The first-order chi connectivity index (χ1) is 37.5. The molecule has 7 N–H and O–H groups in total. The molecule has 23 heteroatoms. The maximum absolute atomic E-state index is 14.5. The lowest BCUT2D eigenvalue weighted by molar-refractivity contribution is -0.208. The number of imide groups is 1. The summed E-state index contributed by atoms with van der Waals surface area (Å²) in [5, 5.41) is 22.3. The summed E-state index contributed by atoms with van der Waals surface area (Å²) in [5.74, 6) is -3.17. The van der Waals surface area contributed by atoms with E-state index in [9.17, 15) is 53.1 Å². The van der Waals surface area contributed by atoms with Gasteiger partial charge in [0, 0.05) is 81.3 Å². The molecule has 9 atom stereocenters. The van der Waals surface area contributed by atoms with E-state index in [4.69, 9.17) is 24.7 Å². The first-order valence-electron chi connectivity index (χ1n) is 27.2. The molecule has 1 aromatic rings. The van der Waals surface area contributed by atoms with Gasteiger partial charge >= 0.3 is 18.2 Å². The van der Waals surface area contributed by atoms with Crippen molar-refractivity contribution in [3.63, 3.8) is 0 Å². The minimum absolute atomic E-state index is 0.00907. The highest BCUT2D eigenvalue weighted by atomic mass is 16.7. The molecule has 432 valence electrons. The predicted molar refractivity (Wildman–Crippen MR) is 286 cm³/mol. The third-order valence-electron chi connectivity index (χ3n) is 16.5. The van der Waals surface area contributed by atoms with Crippen LogP contribution in [0.15, 0.2) is 60.2 Å². The molecule has 0 aromatic heterocycles. The van der Waals surface area contributed by atoms with Crippen molar-refractivity contribution in [3.05, 3.63) is 65.8 Å². The van der Waals surface area contributed by atoms with E-state index in [0.717, 1.165) is 23.3 Å². The Morgan fingerprint density at radius 1 is 0.899 bits per heavy atom. The van der Waals surface area contributed by atoms with Crippen LogP contribution in [0.4, 0.5) is 20.1 Å². The fraction of sp³-hybridized carbons (Fsp3) is 0.607. The molecular weight excluding hydrogens is 1020 g/mol. The number of aliphatic hydroxyl groups excluding tert-OH is 1. The predicted octanol–water partition coefficient (Wildman–Crippen LogP) is 3.78. The third-order valence-corrected chi connectivity index (χ3v) is 16.5. The zero-order valence-corrected chi connectivity index (χ0v) is 46.2. The molecule has 3 fully saturated rings. The number of aliphatic hydroxyl groups is 1. The number of primary amides is 1. The van der Waals surface area contributed by atoms with Gasteiger partial charge in [0.25, 0.3) is 11.8 Å². The van der Waals surface area contributed by atoms with Crippen LogP contribution in [0.2, 0.25) is 0 Å². The number of ether oxygens (including phenoxy) is 4. The average Bonchev–Trinajstić information content (AvgIpc) is 4.24. The number of urea groups is 1. The van der Waals surface area contributed by atoms with E-state index >= 15 is 0 Å². The zero-order chi connectivity index (χ0) is 57.7. The summed E-state index contributed by atoms with van der Waals surface area (Å²) in [4.78, 5) is 130. The molecule has 2 heterocycles. The molecule has 0 bridgehead atoms. The number of amides is 9. The first-order valence-corrected chi connectivity index (χ1v) is 27.2. The number of ketones is 2. The highest BCUT2D eigenvalue weighted by Gasteiger charge is 2.67. The normalized spacial score (nSPS) is 26.3. The van der Waals surface area contributed by atoms with Gasteiger partial charge in [0.15, 0.2) is 24.3 Å². The molecule has 0 spiro atoms. The second-order valence-corrected chi connectivity index (χ2v) is 21.7. The van der Waals surface area contributed by atoms with Crippen LogP contribution in [0.1, 0.15) is 104 Å². The number of hydrogen-bond donors (Lipinski definition) is 6. The second kappa shape index (κ2) is 27.3. The van der Waals surface area contributed by atoms with Crippen molar-refractivity contribution in [2.75, 3.05) is 65.3 Å². The van der Waals surface area contributed by atoms with Crippen LogP contribution in [0, 0.1) is 28.6 Å². The minimum Gasteiger partial charge on any atom is -0.445 e. The SMILES string of the molecule is CCCC1OC[C@](C(=O)COC(=O)N(C)CCN(C)C(=O)OCc2ccc(NC(=O)[C@H](CCCNC(N)=O)NC(=O)CNC(=O)CCCCCN3C(=O)C=CC3=O)cc2)([C@@]2(C)C[C@H](O)C3[C@@H](CCC4=CC(=O)C=C[C@@]43C)C2C)O1. The lowest BCUT2D eigenvalue weighted by atomic mass is 9.44. The highest BCUT2D eigenvalue weighted by molar-refractivity contribution is 6.12. The van der Waals surface area contributed by atoms with Crippen LogP contribution in [-0.4, -0.2) is 163 Å². The number of allylic oxidation sites excluding steroid dienone is 4. The molecule has 2 saturated carbocycles. The lowest BCUT2D eigenvalue weighted by Crippen LogP contribution is -2.66. The van der Waals surface area contributed by atoms with Gasteiger partial charge in [-0.2, -0.15) is 0 Å². The molecule has 6 rings (SSSR count). The number of nitrogens with one attached hydrogen (secondary N) is 4. The molecule has 3 aliphatic carbocycles. The Hall–Kier alpha value is -6.98. The van der Waals surface area contributed by atoms with E-state index in [0.29, 0.717) is 43.4 Å². The van der Waals surface area contributed by atoms with Crippen LogP contribution < -0.4 is 27.0 Å². The number of likely N-dealkylation sites (N-methyl/N-ethyl adjacent to an activating group) is 2. The standard InChI is InChI=1S/C56H78N8O15/c1-7-12-48-78-34-56(79-48,55(4)30-42(66)49-40(35(55)2)20-17-37-29-39(65)23-24-54(37,49)3)43(67)33-77-53(75)63(6)28-27-62(5)52(74)76-32-36-15-18-38(19-16-36)60-50(72)41(13-11-25-58-51(57)73)61-45(69)31-59-44(68)14-9-8-10-26-64-46(70)21-22-47(64)71/h15-16,18-19,21-24,29,35,40-42,48-49,66H,7-14,17,20,25-28,30-34H2,1-6H3,(H,59,68)(H,60,72)(H,61,69)(H3,57,58,73)/t35?,40-,41-,42-,48?,49?,54-,55-,56-/m0/s1. The summed E-state index contributed by atoms with van der Waals surface area (Å²) >= 11 is 0. The molecular formula is C56H78N8O15. The number of benzene rings is 1. The number of nitrogens with two attached hydrogens (primary N) is 1. The molecule has 9 amide bonds. The van der Waals surface area contributed by atoms with Gasteiger partial charge in [-0.25, -0.2) is 14.4 Å². The van der Waals surface area contributed by atoms with Gasteiger partial charge in [-0.1, -0.05) is 64.3 Å². The lowest BCUT2D eigenvalue weighted by Gasteiger charge is -2.61. The van der Waals surface area contributed by atoms with Gasteiger partial charge in [-0.3, -0.25) is 38.5 Å². The van der Waals surface area contributed by atoms with Gasteiger partial charge in [0.2, 0.25) is 23.5 Å². The van der Waals surface area contributed by atoms with E-state index in [2.05, 4.69) is 35.1 Å². The van der Waals surface area contributed by atoms with E-state index in [1.807, 2.05) is 19.9 Å². The number of anilines is 1. The smallest absolute Gasteiger partial charge is 0.409 e. The Kier molecular flexibility index (Phi) is 21.1. The summed E-state index contributed by atoms with van der Waals surface area (Å²) in [6.07, 6.45) is 9.64. The average molecular weight is 1100 g/mol. The molecule has 23 nitrogen and oxygen atoms in total. The molecule has 0 radical (unpaired) electrons. The van der Waals surface area contributed by atoms with E-state index in [-0.39, 0.29) is 100 Å². The Bertz CT molecular complexity index is 2540. The second-order valence-electron chi connectivity index (χ2n) is 21.7. The summed E-state index contributed by atoms with van der Waals surface area (Å²) in [6, 6.07) is 4.61. The van der Waals surface area contributed by atoms with Crippen molar-refractivity contribution < 1.29 is 72.0 Å². The molecule has 79 heavy (non-hydrogen) atoms. The number of nitrogens with zero attached hydrogens (tertiary/aromatic N) is 3. The minimum atomic E-state index is -1.52. The van der Waals surface area contributed by atoms with E-state index < -0.39 is 89.7 Å². The number of fused-ring (bicyclic) bond motifs is 3. The van der Waals surface area contributed by atoms with Crippen LogP contribution in [-0.2, 0) is 59.1 Å². The quantitative estimate of drug-likeness (QED) is 0.0568. The van der Waals surface area contributed by atoms with Crippen molar-refractivity contribution in [2.45, 2.75) is 129 Å². The van der Waals surface area contributed by atoms with Crippen molar-refractivity contribution in [2.24, 2.45) is 34.3 Å². The van der Waals surface area contributed by atoms with Crippen LogP contribution >= 0.6 is 0 Å². The fourth-order valence-electron chi connectivity index (χ4n) is 11.7. The molecule has 1 saturated heterocycles. The number of carbonyl (C=O) groups excluding carboxylic acids is 10. The maximum Gasteiger partial charge on any atom is 0.409 e. The third kappa shape index (κ3) is 15.0. The Morgan fingerprint density at radius 3 is 2.25 bits per heavy atom. The number of Topliss-reactive ketones (excluding diaryl/α,β-unsaturated/α-hetero) is 1. The van der Waals surface area contributed by atoms with E-state index in [1.54, 1.807) is 36.4 Å². The fourth-order valence-corrected chi connectivity index (χ4v) is 11.7. The van der Waals surface area contributed by atoms with Gasteiger partial charge in [0.05, 0.1) is 19.3 Å². The van der Waals surface area contributed by atoms with E-state index in [1.165, 1.54) is 36.0 Å². The van der Waals surface area contributed by atoms with Crippen molar-refractivity contribution in [1.29, 1.82) is 0 Å². The van der Waals surface area contributed by atoms with Crippen molar-refractivity contribution in [3.8, 4) is 0 Å². The monoisotopic (exact) mass is 1100 g/mol. The van der Waals surface area contributed by atoms with Crippen molar-refractivity contribution >= 4 is 65.0 Å². The van der Waals surface area contributed by atoms with Crippen LogP contribution in [0.5, 0.6) is 0 Å². The molecule has 2 aliphatic heterocycles. The Labute approximate surface area is 460 Å². The molecule has 3 unspecified atom stereocenters. The number of unbranched alkanes of at least 4 members (excludes halogenated alkanes) is 2. The topological polar surface area (TPSA) is 312 Å². The van der Waals surface area contributed by atoms with Crippen LogP contribution in [0.25, 0.3) is 0 Å². The largest absolute Gasteiger partial charge is 0.445 e. The summed E-state index contributed by atoms with van der Waals surface area (Å²) < 4.78 is 23.8. The number of rotatable bonds is 26. The summed E-state index contributed by atoms with van der Waals surface area (Å²) in [7, 11) is 2.97. The maximum atomic E-state index is 14.5. The first kappa shape index (κ1) is 61.2. The van der Waals surface area contributed by atoms with Gasteiger partial charge in [0.1, 0.15) is 12.6 Å². The van der Waals surface area contributed by atoms with Gasteiger partial charge in [-0.05, 0) is 93.1 Å². The molecule has 5 aliphatic rings. The zero-order valence-electron chi connectivity index (χ0n) is 46.2. The van der Waals surface area contributed by atoms with Crippen molar-refractivity contribution in [1.82, 2.24) is 30.7 Å². The number of hydrogen-bond acceptors (Lipinski definition) is 15. The number of carbonyl (C=O) groups is 10.